The van der Waals surface area contributed by atoms with E-state index in [0.717, 1.165) is 25.8 Å². The van der Waals surface area contributed by atoms with Crippen molar-refractivity contribution in [1.82, 2.24) is 0 Å². The molecular formula is C16H17Br2NO2. The lowest BCUT2D eigenvalue weighted by molar-refractivity contribution is 0.187. The number of aliphatic hydroxyl groups is 1. The minimum atomic E-state index is -0.643. The molecule has 0 aliphatic heterocycles. The van der Waals surface area contributed by atoms with Crippen LogP contribution in [0.4, 0.5) is 5.69 Å². The van der Waals surface area contributed by atoms with Crippen LogP contribution in [0.15, 0.2) is 45.3 Å². The van der Waals surface area contributed by atoms with Crippen LogP contribution < -0.4 is 10.1 Å². The summed E-state index contributed by atoms with van der Waals surface area (Å²) in [5.74, 6) is 0.699. The number of benzene rings is 2. The third kappa shape index (κ3) is 4.22. The molecule has 2 aromatic carbocycles. The number of aliphatic hydroxyl groups excluding tert-OH is 1. The highest BCUT2D eigenvalue weighted by Crippen LogP contribution is 2.29. The Labute approximate surface area is 141 Å². The summed E-state index contributed by atoms with van der Waals surface area (Å²) in [6.45, 7) is 2.40. The first kappa shape index (κ1) is 16.3. The summed E-state index contributed by atoms with van der Waals surface area (Å²) in [7, 11) is 1.61. The minimum Gasteiger partial charge on any atom is -0.496 e. The number of nitrogens with one attached hydrogen (secondary N) is 1. The fourth-order valence-electron chi connectivity index (χ4n) is 2.06. The molecule has 0 spiro atoms. The van der Waals surface area contributed by atoms with Crippen LogP contribution >= 0.6 is 31.9 Å². The first-order valence-corrected chi connectivity index (χ1v) is 8.11. The van der Waals surface area contributed by atoms with Gasteiger partial charge in [-0.3, -0.25) is 0 Å². The molecule has 2 N–H and O–H groups in total. The van der Waals surface area contributed by atoms with E-state index in [1.165, 1.54) is 0 Å². The molecule has 0 bridgehead atoms. The Morgan fingerprint density at radius 2 is 1.95 bits per heavy atom. The lowest BCUT2D eigenvalue weighted by Crippen LogP contribution is -2.13. The second-order valence-corrected chi connectivity index (χ2v) is 6.54. The average molecular weight is 415 g/mol. The van der Waals surface area contributed by atoms with E-state index in [1.807, 2.05) is 43.3 Å². The van der Waals surface area contributed by atoms with Gasteiger partial charge in [-0.25, -0.2) is 0 Å². The SMILES string of the molecule is COc1ccc(C)cc1C(O)CNc1ccc(Br)cc1Br. The van der Waals surface area contributed by atoms with Crippen LogP contribution in [0, 0.1) is 6.92 Å². The van der Waals surface area contributed by atoms with Gasteiger partial charge in [-0.15, -0.1) is 0 Å². The molecule has 2 aromatic rings. The van der Waals surface area contributed by atoms with Crippen molar-refractivity contribution in [3.63, 3.8) is 0 Å². The maximum atomic E-state index is 10.4. The summed E-state index contributed by atoms with van der Waals surface area (Å²) in [6, 6.07) is 11.7. The largest absolute Gasteiger partial charge is 0.496 e. The molecule has 0 saturated heterocycles. The van der Waals surface area contributed by atoms with E-state index in [4.69, 9.17) is 4.74 Å². The van der Waals surface area contributed by atoms with Gasteiger partial charge in [0.1, 0.15) is 5.75 Å². The number of hydrogen-bond donors (Lipinski definition) is 2. The van der Waals surface area contributed by atoms with Crippen molar-refractivity contribution in [2.45, 2.75) is 13.0 Å². The van der Waals surface area contributed by atoms with Gasteiger partial charge < -0.3 is 15.2 Å². The van der Waals surface area contributed by atoms with Gasteiger partial charge in [0.25, 0.3) is 0 Å². The third-order valence-corrected chi connectivity index (χ3v) is 4.31. The van der Waals surface area contributed by atoms with E-state index in [0.29, 0.717) is 12.3 Å². The number of aryl methyl sites for hydroxylation is 1. The summed E-state index contributed by atoms with van der Waals surface area (Å²) >= 11 is 6.91. The molecule has 0 saturated carbocycles. The number of rotatable bonds is 5. The lowest BCUT2D eigenvalue weighted by atomic mass is 10.1. The molecule has 0 aliphatic rings. The fourth-order valence-corrected chi connectivity index (χ4v) is 3.25. The zero-order valence-corrected chi connectivity index (χ0v) is 15.0. The van der Waals surface area contributed by atoms with Crippen molar-refractivity contribution >= 4 is 37.5 Å². The van der Waals surface area contributed by atoms with Crippen LogP contribution in [0.5, 0.6) is 5.75 Å². The topological polar surface area (TPSA) is 41.5 Å². The first-order chi connectivity index (χ1) is 10.0. The van der Waals surface area contributed by atoms with E-state index in [1.54, 1.807) is 7.11 Å². The molecule has 0 amide bonds. The predicted molar refractivity (Wildman–Crippen MR) is 93.0 cm³/mol. The average Bonchev–Trinajstić information content (AvgIpc) is 2.46. The van der Waals surface area contributed by atoms with Crippen molar-refractivity contribution in [3.8, 4) is 5.75 Å². The Hall–Kier alpha value is -1.04. The summed E-state index contributed by atoms with van der Waals surface area (Å²) in [6.07, 6.45) is -0.643. The molecule has 0 fully saturated rings. The van der Waals surface area contributed by atoms with Crippen molar-refractivity contribution in [2.24, 2.45) is 0 Å². The van der Waals surface area contributed by atoms with Gasteiger partial charge in [-0.1, -0.05) is 27.6 Å². The van der Waals surface area contributed by atoms with E-state index in [2.05, 4.69) is 37.2 Å². The molecule has 0 aliphatic carbocycles. The molecule has 2 rings (SSSR count). The Kier molecular flexibility index (Phi) is 5.67. The van der Waals surface area contributed by atoms with Crippen LogP contribution in [0.2, 0.25) is 0 Å². The molecule has 1 unspecified atom stereocenters. The molecular weight excluding hydrogens is 398 g/mol. The van der Waals surface area contributed by atoms with Crippen LogP contribution in [-0.2, 0) is 0 Å². The maximum Gasteiger partial charge on any atom is 0.124 e. The van der Waals surface area contributed by atoms with Gasteiger partial charge in [-0.05, 0) is 53.2 Å². The van der Waals surface area contributed by atoms with Crippen molar-refractivity contribution < 1.29 is 9.84 Å². The molecule has 0 radical (unpaired) electrons. The van der Waals surface area contributed by atoms with Crippen molar-refractivity contribution in [1.29, 1.82) is 0 Å². The van der Waals surface area contributed by atoms with Crippen LogP contribution in [0.25, 0.3) is 0 Å². The smallest absolute Gasteiger partial charge is 0.124 e. The highest BCUT2D eigenvalue weighted by atomic mass is 79.9. The minimum absolute atomic E-state index is 0.403. The van der Waals surface area contributed by atoms with Gasteiger partial charge in [0.2, 0.25) is 0 Å². The summed E-state index contributed by atoms with van der Waals surface area (Å²) < 4.78 is 7.26. The fraction of sp³-hybridized carbons (Fsp3) is 0.250. The number of hydrogen-bond acceptors (Lipinski definition) is 3. The normalized spacial score (nSPS) is 12.0. The summed E-state index contributed by atoms with van der Waals surface area (Å²) in [4.78, 5) is 0. The van der Waals surface area contributed by atoms with Crippen LogP contribution in [0.3, 0.4) is 0 Å². The molecule has 3 nitrogen and oxygen atoms in total. The van der Waals surface area contributed by atoms with Crippen molar-refractivity contribution in [2.75, 3.05) is 19.0 Å². The summed E-state index contributed by atoms with van der Waals surface area (Å²) in [5, 5.41) is 13.6. The van der Waals surface area contributed by atoms with Gasteiger partial charge in [0.05, 0.1) is 13.2 Å². The van der Waals surface area contributed by atoms with E-state index < -0.39 is 6.10 Å². The summed E-state index contributed by atoms with van der Waals surface area (Å²) in [5.41, 5.74) is 2.82. The highest BCUT2D eigenvalue weighted by molar-refractivity contribution is 9.11. The van der Waals surface area contributed by atoms with Gasteiger partial charge in [-0.2, -0.15) is 0 Å². The molecule has 5 heteroatoms. The Morgan fingerprint density at radius 3 is 2.62 bits per heavy atom. The number of ether oxygens (including phenoxy) is 1. The van der Waals surface area contributed by atoms with Crippen LogP contribution in [-0.4, -0.2) is 18.8 Å². The van der Waals surface area contributed by atoms with Gasteiger partial charge >= 0.3 is 0 Å². The number of methoxy groups -OCH3 is 1. The second kappa shape index (κ2) is 7.29. The molecule has 21 heavy (non-hydrogen) atoms. The maximum absolute atomic E-state index is 10.4. The highest BCUT2D eigenvalue weighted by Gasteiger charge is 2.14. The van der Waals surface area contributed by atoms with E-state index >= 15 is 0 Å². The zero-order valence-electron chi connectivity index (χ0n) is 11.9. The monoisotopic (exact) mass is 413 g/mol. The quantitative estimate of drug-likeness (QED) is 0.746. The standard InChI is InChI=1S/C16H17Br2NO2/c1-10-3-6-16(21-2)12(7-10)15(20)9-19-14-5-4-11(17)8-13(14)18/h3-8,15,19-20H,9H2,1-2H3. The predicted octanol–water partition coefficient (Wildman–Crippen LogP) is 4.67. The Bertz CT molecular complexity index is 632. The van der Waals surface area contributed by atoms with E-state index in [9.17, 15) is 5.11 Å². The Balaban J connectivity index is 2.11. The molecule has 0 heterocycles. The first-order valence-electron chi connectivity index (χ1n) is 6.53. The number of anilines is 1. The number of halogens is 2. The molecule has 0 aromatic heterocycles. The van der Waals surface area contributed by atoms with Crippen LogP contribution in [0.1, 0.15) is 17.2 Å². The van der Waals surface area contributed by atoms with Gasteiger partial charge in [0, 0.05) is 26.7 Å². The Morgan fingerprint density at radius 1 is 1.19 bits per heavy atom. The second-order valence-electron chi connectivity index (χ2n) is 4.77. The lowest BCUT2D eigenvalue weighted by Gasteiger charge is -2.17. The van der Waals surface area contributed by atoms with Crippen molar-refractivity contribution in [3.05, 3.63) is 56.5 Å². The molecule has 112 valence electrons. The van der Waals surface area contributed by atoms with Gasteiger partial charge in [0.15, 0.2) is 0 Å². The molecule has 1 atom stereocenters. The van der Waals surface area contributed by atoms with E-state index in [-0.39, 0.29) is 0 Å². The third-order valence-electron chi connectivity index (χ3n) is 3.16. The zero-order chi connectivity index (χ0) is 15.4.